The van der Waals surface area contributed by atoms with E-state index >= 15 is 0 Å². The van der Waals surface area contributed by atoms with E-state index in [1.807, 2.05) is 23.6 Å². The first-order valence-corrected chi connectivity index (χ1v) is 8.78. The van der Waals surface area contributed by atoms with Crippen molar-refractivity contribution in [3.63, 3.8) is 0 Å². The van der Waals surface area contributed by atoms with E-state index in [-0.39, 0.29) is 5.75 Å². The molecule has 0 atom stereocenters. The van der Waals surface area contributed by atoms with Crippen LogP contribution in [0.2, 0.25) is 0 Å². The van der Waals surface area contributed by atoms with Crippen molar-refractivity contribution in [3.8, 4) is 11.5 Å². The van der Waals surface area contributed by atoms with Crippen molar-refractivity contribution >= 4 is 31.7 Å². The number of ether oxygens (including phenoxy) is 2. The van der Waals surface area contributed by atoms with E-state index in [0.717, 1.165) is 15.2 Å². The van der Waals surface area contributed by atoms with Gasteiger partial charge < -0.3 is 9.47 Å². The molecule has 116 valence electrons. The molecule has 1 aromatic heterocycles. The number of aryl methyl sites for hydroxylation is 2. The van der Waals surface area contributed by atoms with E-state index in [1.165, 1.54) is 0 Å². The quantitative estimate of drug-likeness (QED) is 0.645. The van der Waals surface area contributed by atoms with Crippen LogP contribution in [0.15, 0.2) is 12.1 Å². The predicted octanol–water partition coefficient (Wildman–Crippen LogP) is 1.79. The lowest BCUT2D eigenvalue weighted by Crippen LogP contribution is -2.35. The van der Waals surface area contributed by atoms with Gasteiger partial charge in [0.2, 0.25) is 10.5 Å². The number of rotatable bonds is 6. The zero-order chi connectivity index (χ0) is 15.6. The number of fused-ring (bicyclic) bond motifs is 1. The lowest BCUT2D eigenvalue weighted by Gasteiger charge is -2.05. The molecule has 6 nitrogen and oxygen atoms in total. The van der Waals surface area contributed by atoms with Gasteiger partial charge in [0.25, 0.3) is 10.1 Å². The Morgan fingerprint density at radius 1 is 1.24 bits per heavy atom. The molecule has 2 rings (SSSR count). The monoisotopic (exact) mass is 332 g/mol. The van der Waals surface area contributed by atoms with Crippen LogP contribution < -0.4 is 14.0 Å². The number of hydrogen-bond acceptors (Lipinski definition) is 5. The summed E-state index contributed by atoms with van der Waals surface area (Å²) in [5, 5.41) is 1.05. The summed E-state index contributed by atoms with van der Waals surface area (Å²) in [6.45, 7) is 2.48. The zero-order valence-corrected chi connectivity index (χ0v) is 13.8. The molecule has 0 saturated heterocycles. The smallest absolute Gasteiger partial charge is 0.265 e. The van der Waals surface area contributed by atoms with E-state index in [9.17, 15) is 8.42 Å². The highest BCUT2D eigenvalue weighted by Crippen LogP contribution is 2.33. The number of benzene rings is 1. The molecule has 2 aromatic rings. The van der Waals surface area contributed by atoms with Gasteiger partial charge in [0, 0.05) is 19.4 Å². The molecule has 1 heterocycles. The molecular formula is C13H18NO5S2+. The first-order valence-electron chi connectivity index (χ1n) is 6.36. The minimum absolute atomic E-state index is 0.246. The van der Waals surface area contributed by atoms with Crippen LogP contribution in [0.3, 0.4) is 0 Å². The molecule has 0 spiro atoms. The van der Waals surface area contributed by atoms with Crippen LogP contribution in [-0.4, -0.2) is 32.9 Å². The third-order valence-electron chi connectivity index (χ3n) is 3.18. The second-order valence-corrected chi connectivity index (χ2v) is 7.39. The molecular weight excluding hydrogens is 314 g/mol. The largest absolute Gasteiger partial charge is 0.493 e. The van der Waals surface area contributed by atoms with Crippen molar-refractivity contribution in [2.75, 3.05) is 20.0 Å². The summed E-state index contributed by atoms with van der Waals surface area (Å²) in [6.07, 6.45) is 0.352. The topological polar surface area (TPSA) is 76.7 Å². The Hall–Kier alpha value is -1.38. The van der Waals surface area contributed by atoms with Gasteiger partial charge in [-0.1, -0.05) is 11.3 Å². The molecule has 0 saturated carbocycles. The van der Waals surface area contributed by atoms with E-state index < -0.39 is 10.1 Å². The van der Waals surface area contributed by atoms with E-state index in [1.54, 1.807) is 25.6 Å². The molecule has 0 amide bonds. The summed E-state index contributed by atoms with van der Waals surface area (Å²) in [5.74, 6) is 1.05. The molecule has 8 heteroatoms. The minimum atomic E-state index is -3.92. The van der Waals surface area contributed by atoms with Gasteiger partial charge in [-0.25, -0.2) is 0 Å². The fraction of sp³-hybridized carbons (Fsp3) is 0.462. The van der Waals surface area contributed by atoms with E-state index in [4.69, 9.17) is 14.0 Å². The second kappa shape index (κ2) is 6.17. The molecule has 0 unspecified atom stereocenters. The van der Waals surface area contributed by atoms with Gasteiger partial charge in [-0.15, -0.1) is 0 Å². The zero-order valence-electron chi connectivity index (χ0n) is 12.1. The van der Waals surface area contributed by atoms with Crippen molar-refractivity contribution in [3.05, 3.63) is 17.1 Å². The molecule has 0 fully saturated rings. The van der Waals surface area contributed by atoms with Gasteiger partial charge >= 0.3 is 0 Å². The Balaban J connectivity index is 2.37. The molecule has 1 N–H and O–H groups in total. The summed E-state index contributed by atoms with van der Waals surface area (Å²) in [4.78, 5) is 0. The van der Waals surface area contributed by atoms with E-state index in [0.29, 0.717) is 24.5 Å². The van der Waals surface area contributed by atoms with Crippen molar-refractivity contribution in [1.29, 1.82) is 0 Å². The molecule has 0 radical (unpaired) electrons. The lowest BCUT2D eigenvalue weighted by atomic mass is 10.3. The van der Waals surface area contributed by atoms with Gasteiger partial charge in [-0.05, 0) is 0 Å². The first kappa shape index (κ1) is 16.0. The van der Waals surface area contributed by atoms with Crippen LogP contribution in [0.5, 0.6) is 11.5 Å². The second-order valence-electron chi connectivity index (χ2n) is 4.59. The third-order valence-corrected chi connectivity index (χ3v) is 5.04. The summed E-state index contributed by atoms with van der Waals surface area (Å²) in [5.41, 5.74) is 0.963. The number of aromatic nitrogens is 1. The number of thiazole rings is 1. The van der Waals surface area contributed by atoms with Gasteiger partial charge in [-0.2, -0.15) is 13.0 Å². The Kier molecular flexibility index (Phi) is 4.70. The van der Waals surface area contributed by atoms with Gasteiger partial charge in [0.1, 0.15) is 4.70 Å². The van der Waals surface area contributed by atoms with Crippen molar-refractivity contribution < 1.29 is 27.0 Å². The van der Waals surface area contributed by atoms with Crippen LogP contribution >= 0.6 is 11.3 Å². The molecule has 1 aromatic carbocycles. The molecule has 21 heavy (non-hydrogen) atoms. The third kappa shape index (κ3) is 3.63. The summed E-state index contributed by atoms with van der Waals surface area (Å²) >= 11 is 1.60. The Bertz CT molecular complexity index is 751. The Morgan fingerprint density at radius 3 is 2.43 bits per heavy atom. The summed E-state index contributed by atoms with van der Waals surface area (Å²) in [7, 11) is -0.759. The lowest BCUT2D eigenvalue weighted by molar-refractivity contribution is -0.672. The SMILES string of the molecule is COc1cc2sc(C)[n+](CCCS(=O)(=O)O)c2cc1OC. The highest BCUT2D eigenvalue weighted by molar-refractivity contribution is 7.85. The van der Waals surface area contributed by atoms with Crippen molar-refractivity contribution in [2.24, 2.45) is 0 Å². The standard InChI is InChI=1S/C13H17NO5S2/c1-9-14(5-4-6-21(15,16)17)10-7-11(18-2)12(19-3)8-13(10)20-9/h7-8H,4-6H2,1-3H3/p+1. The maximum atomic E-state index is 10.8. The van der Waals surface area contributed by atoms with Crippen molar-refractivity contribution in [1.82, 2.24) is 0 Å². The minimum Gasteiger partial charge on any atom is -0.493 e. The van der Waals surface area contributed by atoms with Crippen LogP contribution in [0.4, 0.5) is 0 Å². The number of methoxy groups -OCH3 is 2. The summed E-state index contributed by atoms with van der Waals surface area (Å²) < 4.78 is 44.1. The van der Waals surface area contributed by atoms with Gasteiger partial charge in [-0.3, -0.25) is 4.55 Å². The number of hydrogen-bond donors (Lipinski definition) is 1. The fourth-order valence-electron chi connectivity index (χ4n) is 2.21. The average Bonchev–Trinajstić information content (AvgIpc) is 2.71. The molecule has 0 aliphatic carbocycles. The maximum absolute atomic E-state index is 10.8. The fourth-order valence-corrected chi connectivity index (χ4v) is 3.76. The molecule has 0 aliphatic heterocycles. The van der Waals surface area contributed by atoms with Crippen LogP contribution in [-0.2, 0) is 16.7 Å². The normalized spacial score (nSPS) is 11.8. The van der Waals surface area contributed by atoms with Crippen molar-refractivity contribution in [2.45, 2.75) is 19.9 Å². The van der Waals surface area contributed by atoms with Gasteiger partial charge in [0.05, 0.1) is 26.0 Å². The highest BCUT2D eigenvalue weighted by Gasteiger charge is 2.21. The van der Waals surface area contributed by atoms with E-state index in [2.05, 4.69) is 0 Å². The van der Waals surface area contributed by atoms with Gasteiger partial charge in [0.15, 0.2) is 18.0 Å². The molecule has 0 bridgehead atoms. The van der Waals surface area contributed by atoms with Crippen LogP contribution in [0.1, 0.15) is 11.4 Å². The molecule has 0 aliphatic rings. The van der Waals surface area contributed by atoms with Crippen LogP contribution in [0, 0.1) is 6.92 Å². The number of nitrogens with zero attached hydrogens (tertiary/aromatic N) is 1. The van der Waals surface area contributed by atoms with Crippen LogP contribution in [0.25, 0.3) is 10.2 Å². The Morgan fingerprint density at radius 2 is 1.86 bits per heavy atom. The average molecular weight is 332 g/mol. The predicted molar refractivity (Wildman–Crippen MR) is 80.9 cm³/mol. The maximum Gasteiger partial charge on any atom is 0.265 e. The summed E-state index contributed by atoms with van der Waals surface area (Å²) in [6, 6.07) is 3.79. The first-order chi connectivity index (χ1) is 9.85. The Labute approximate surface area is 127 Å². The highest BCUT2D eigenvalue weighted by atomic mass is 32.2.